The Balaban J connectivity index is 1.89. The summed E-state index contributed by atoms with van der Waals surface area (Å²) in [6.45, 7) is 0.0891. The number of methoxy groups -OCH3 is 1. The lowest BCUT2D eigenvalue weighted by atomic mass is 10.0. The van der Waals surface area contributed by atoms with Crippen LogP contribution in [0.1, 0.15) is 16.7 Å². The molecule has 0 atom stereocenters. The van der Waals surface area contributed by atoms with Crippen LogP contribution in [0.15, 0.2) is 72.8 Å². The van der Waals surface area contributed by atoms with Gasteiger partial charge in [0.15, 0.2) is 0 Å². The Morgan fingerprint density at radius 1 is 0.929 bits per heavy atom. The van der Waals surface area contributed by atoms with Crippen molar-refractivity contribution in [2.75, 3.05) is 7.11 Å². The van der Waals surface area contributed by atoms with Crippen molar-refractivity contribution >= 4 is 40.8 Å². The fourth-order valence-corrected chi connectivity index (χ4v) is 3.00. The molecule has 0 spiro atoms. The van der Waals surface area contributed by atoms with E-state index in [-0.39, 0.29) is 6.61 Å². The average molecular weight is 413 g/mol. The molecule has 3 aromatic rings. The molecule has 3 nitrogen and oxygen atoms in total. The highest BCUT2D eigenvalue weighted by molar-refractivity contribution is 6.42. The predicted octanol–water partition coefficient (Wildman–Crippen LogP) is 6.29. The number of halogens is 2. The zero-order valence-electron chi connectivity index (χ0n) is 15.2. The van der Waals surface area contributed by atoms with Gasteiger partial charge in [-0.15, -0.1) is 0 Å². The molecule has 0 amide bonds. The van der Waals surface area contributed by atoms with E-state index in [1.807, 2.05) is 54.6 Å². The summed E-state index contributed by atoms with van der Waals surface area (Å²) in [5.41, 5.74) is 2.74. The number of hydrogen-bond donors (Lipinski definition) is 0. The van der Waals surface area contributed by atoms with E-state index in [1.54, 1.807) is 31.4 Å². The molecule has 0 fully saturated rings. The Bertz CT molecular complexity index is 998. The molecule has 0 saturated heterocycles. The third-order valence-corrected chi connectivity index (χ3v) is 4.84. The minimum absolute atomic E-state index is 0.0891. The van der Waals surface area contributed by atoms with Crippen molar-refractivity contribution in [3.05, 3.63) is 99.5 Å². The molecule has 5 heteroatoms. The number of ether oxygens (including phenoxy) is 2. The molecule has 28 heavy (non-hydrogen) atoms. The van der Waals surface area contributed by atoms with E-state index in [0.717, 1.165) is 16.7 Å². The SMILES string of the molecule is COc1ccccc1/C=C(/C(=O)OCc1ccc(Cl)c(Cl)c1)c1ccccc1. The largest absolute Gasteiger partial charge is 0.496 e. The quantitative estimate of drug-likeness (QED) is 0.271. The molecule has 0 heterocycles. The lowest BCUT2D eigenvalue weighted by molar-refractivity contribution is -0.137. The number of rotatable bonds is 6. The third-order valence-electron chi connectivity index (χ3n) is 4.10. The fourth-order valence-electron chi connectivity index (χ4n) is 2.68. The van der Waals surface area contributed by atoms with Gasteiger partial charge in [0.1, 0.15) is 12.4 Å². The molecule has 3 aromatic carbocycles. The van der Waals surface area contributed by atoms with E-state index >= 15 is 0 Å². The Labute approximate surface area is 174 Å². The highest BCUT2D eigenvalue weighted by atomic mass is 35.5. The zero-order chi connectivity index (χ0) is 19.9. The summed E-state index contributed by atoms with van der Waals surface area (Å²) >= 11 is 12.0. The highest BCUT2D eigenvalue weighted by Crippen LogP contribution is 2.27. The molecule has 3 rings (SSSR count). The zero-order valence-corrected chi connectivity index (χ0v) is 16.7. The predicted molar refractivity (Wildman–Crippen MR) is 114 cm³/mol. The number of para-hydroxylation sites is 1. The van der Waals surface area contributed by atoms with E-state index in [9.17, 15) is 4.79 Å². The van der Waals surface area contributed by atoms with Crippen LogP contribution in [0.5, 0.6) is 5.75 Å². The summed E-state index contributed by atoms with van der Waals surface area (Å²) in [7, 11) is 1.59. The number of hydrogen-bond acceptors (Lipinski definition) is 3. The maximum Gasteiger partial charge on any atom is 0.339 e. The van der Waals surface area contributed by atoms with Gasteiger partial charge in [-0.1, -0.05) is 77.8 Å². The molecule has 0 aliphatic rings. The first-order valence-electron chi connectivity index (χ1n) is 8.59. The van der Waals surface area contributed by atoms with Crippen molar-refractivity contribution in [3.63, 3.8) is 0 Å². The summed E-state index contributed by atoms with van der Waals surface area (Å²) in [6, 6.07) is 22.0. The van der Waals surface area contributed by atoms with Gasteiger partial charge in [-0.25, -0.2) is 4.79 Å². The van der Waals surface area contributed by atoms with Crippen LogP contribution < -0.4 is 4.74 Å². The minimum atomic E-state index is -0.442. The van der Waals surface area contributed by atoms with E-state index in [1.165, 1.54) is 0 Å². The van der Waals surface area contributed by atoms with Crippen molar-refractivity contribution in [3.8, 4) is 5.75 Å². The summed E-state index contributed by atoms with van der Waals surface area (Å²) in [5, 5.41) is 0.876. The first-order valence-corrected chi connectivity index (χ1v) is 9.35. The van der Waals surface area contributed by atoms with Gasteiger partial charge in [0, 0.05) is 5.56 Å². The summed E-state index contributed by atoms with van der Waals surface area (Å²) in [6.07, 6.45) is 1.77. The van der Waals surface area contributed by atoms with E-state index < -0.39 is 5.97 Å². The molecular weight excluding hydrogens is 395 g/mol. The second-order valence-corrected chi connectivity index (χ2v) is 6.80. The second kappa shape index (κ2) is 9.45. The highest BCUT2D eigenvalue weighted by Gasteiger charge is 2.15. The van der Waals surface area contributed by atoms with Gasteiger partial charge in [-0.2, -0.15) is 0 Å². The molecular formula is C23H18Cl2O3. The molecule has 142 valence electrons. The molecule has 0 unspecified atom stereocenters. The van der Waals surface area contributed by atoms with Crippen LogP contribution in [0.25, 0.3) is 11.6 Å². The molecule has 0 saturated carbocycles. The van der Waals surface area contributed by atoms with Crippen LogP contribution in [0, 0.1) is 0 Å². The number of benzene rings is 3. The van der Waals surface area contributed by atoms with E-state index in [0.29, 0.717) is 21.4 Å². The first kappa shape index (κ1) is 20.0. The monoisotopic (exact) mass is 412 g/mol. The van der Waals surface area contributed by atoms with Gasteiger partial charge >= 0.3 is 5.97 Å². The van der Waals surface area contributed by atoms with Gasteiger partial charge in [0.25, 0.3) is 0 Å². The molecule has 0 N–H and O–H groups in total. The summed E-state index contributed by atoms with van der Waals surface area (Å²) in [5.74, 6) is 0.233. The Morgan fingerprint density at radius 3 is 2.36 bits per heavy atom. The Kier molecular flexibility index (Phi) is 6.75. The van der Waals surface area contributed by atoms with Crippen LogP contribution in [-0.4, -0.2) is 13.1 Å². The first-order chi connectivity index (χ1) is 13.6. The smallest absolute Gasteiger partial charge is 0.339 e. The normalized spacial score (nSPS) is 11.2. The lowest BCUT2D eigenvalue weighted by Crippen LogP contribution is -2.07. The van der Waals surface area contributed by atoms with E-state index in [4.69, 9.17) is 32.7 Å². The van der Waals surface area contributed by atoms with Crippen LogP contribution >= 0.6 is 23.2 Å². The van der Waals surface area contributed by atoms with Crippen molar-refractivity contribution in [1.82, 2.24) is 0 Å². The minimum Gasteiger partial charge on any atom is -0.496 e. The number of esters is 1. The number of carbonyl (C=O) groups excluding carboxylic acids is 1. The van der Waals surface area contributed by atoms with Crippen molar-refractivity contribution in [2.45, 2.75) is 6.61 Å². The van der Waals surface area contributed by atoms with Gasteiger partial charge in [-0.3, -0.25) is 0 Å². The fraction of sp³-hybridized carbons (Fsp3) is 0.0870. The van der Waals surface area contributed by atoms with Crippen LogP contribution in [-0.2, 0) is 16.1 Å². The van der Waals surface area contributed by atoms with Gasteiger partial charge in [0.2, 0.25) is 0 Å². The molecule has 0 bridgehead atoms. The topological polar surface area (TPSA) is 35.5 Å². The van der Waals surface area contributed by atoms with E-state index in [2.05, 4.69) is 0 Å². The van der Waals surface area contributed by atoms with Crippen molar-refractivity contribution in [2.24, 2.45) is 0 Å². The van der Waals surface area contributed by atoms with Crippen LogP contribution in [0.2, 0.25) is 10.0 Å². The van der Waals surface area contributed by atoms with Gasteiger partial charge < -0.3 is 9.47 Å². The maximum atomic E-state index is 12.9. The molecule has 0 aliphatic carbocycles. The second-order valence-electron chi connectivity index (χ2n) is 5.99. The Morgan fingerprint density at radius 2 is 1.64 bits per heavy atom. The maximum absolute atomic E-state index is 12.9. The molecule has 0 radical (unpaired) electrons. The third kappa shape index (κ3) is 4.94. The average Bonchev–Trinajstić information content (AvgIpc) is 2.73. The molecule has 0 aliphatic heterocycles. The molecule has 0 aromatic heterocycles. The van der Waals surface area contributed by atoms with Crippen LogP contribution in [0.3, 0.4) is 0 Å². The summed E-state index contributed by atoms with van der Waals surface area (Å²) < 4.78 is 10.9. The van der Waals surface area contributed by atoms with Gasteiger partial charge in [-0.05, 0) is 35.4 Å². The van der Waals surface area contributed by atoms with Crippen molar-refractivity contribution in [1.29, 1.82) is 0 Å². The standard InChI is InChI=1S/C23H18Cl2O3/c1-27-22-10-6-5-9-18(22)14-19(17-7-3-2-4-8-17)23(26)28-15-16-11-12-20(24)21(25)13-16/h2-14H,15H2,1H3/b19-14+. The van der Waals surface area contributed by atoms with Crippen molar-refractivity contribution < 1.29 is 14.3 Å². The summed E-state index contributed by atoms with van der Waals surface area (Å²) in [4.78, 5) is 12.9. The number of carbonyl (C=O) groups is 1. The van der Waals surface area contributed by atoms with Crippen LogP contribution in [0.4, 0.5) is 0 Å². The Hall–Kier alpha value is -2.75. The van der Waals surface area contributed by atoms with Gasteiger partial charge in [0.05, 0.1) is 22.7 Å². The lowest BCUT2D eigenvalue weighted by Gasteiger charge is -2.11.